The van der Waals surface area contributed by atoms with Gasteiger partial charge >= 0.3 is 0 Å². The van der Waals surface area contributed by atoms with Crippen molar-refractivity contribution in [3.05, 3.63) is 16.1 Å². The minimum absolute atomic E-state index is 0.0495. The second-order valence-electron chi connectivity index (χ2n) is 4.23. The standard InChI is InChI=1S/C11H17N3OS/c1-8-7-16-11(14-8)6-13-10(15)5-12-4-9-2-3-9/h7,9,12H,2-6H2,1H3,(H,13,15). The van der Waals surface area contributed by atoms with Crippen molar-refractivity contribution in [3.8, 4) is 0 Å². The van der Waals surface area contributed by atoms with E-state index in [0.29, 0.717) is 13.1 Å². The van der Waals surface area contributed by atoms with Crippen LogP contribution in [0, 0.1) is 12.8 Å². The summed E-state index contributed by atoms with van der Waals surface area (Å²) in [7, 11) is 0. The zero-order chi connectivity index (χ0) is 11.4. The molecule has 0 spiro atoms. The Morgan fingerprint density at radius 1 is 1.62 bits per heavy atom. The lowest BCUT2D eigenvalue weighted by Crippen LogP contribution is -2.34. The highest BCUT2D eigenvalue weighted by Gasteiger charge is 2.20. The van der Waals surface area contributed by atoms with Crippen LogP contribution < -0.4 is 10.6 Å². The summed E-state index contributed by atoms with van der Waals surface area (Å²) < 4.78 is 0. The number of thiazole rings is 1. The molecule has 1 aromatic heterocycles. The maximum absolute atomic E-state index is 11.4. The molecule has 88 valence electrons. The minimum atomic E-state index is 0.0495. The fraction of sp³-hybridized carbons (Fsp3) is 0.636. The predicted molar refractivity (Wildman–Crippen MR) is 64.3 cm³/mol. The van der Waals surface area contributed by atoms with Gasteiger partial charge < -0.3 is 10.6 Å². The third kappa shape index (κ3) is 3.90. The highest BCUT2D eigenvalue weighted by atomic mass is 32.1. The van der Waals surface area contributed by atoms with Crippen LogP contribution in [0.25, 0.3) is 0 Å². The number of hydrogen-bond donors (Lipinski definition) is 2. The number of nitrogens with zero attached hydrogens (tertiary/aromatic N) is 1. The largest absolute Gasteiger partial charge is 0.348 e. The van der Waals surface area contributed by atoms with Crippen LogP contribution in [0.1, 0.15) is 23.5 Å². The second kappa shape index (κ2) is 5.41. The minimum Gasteiger partial charge on any atom is -0.348 e. The van der Waals surface area contributed by atoms with Gasteiger partial charge in [0.05, 0.1) is 13.1 Å². The second-order valence-corrected chi connectivity index (χ2v) is 5.18. The number of carbonyl (C=O) groups excluding carboxylic acids is 1. The van der Waals surface area contributed by atoms with Gasteiger partial charge in [-0.1, -0.05) is 0 Å². The highest BCUT2D eigenvalue weighted by molar-refractivity contribution is 7.09. The van der Waals surface area contributed by atoms with Crippen molar-refractivity contribution in [1.29, 1.82) is 0 Å². The molecule has 0 atom stereocenters. The summed E-state index contributed by atoms with van der Waals surface area (Å²) >= 11 is 1.58. The van der Waals surface area contributed by atoms with Crippen molar-refractivity contribution in [2.24, 2.45) is 5.92 Å². The van der Waals surface area contributed by atoms with E-state index in [4.69, 9.17) is 0 Å². The number of amides is 1. The van der Waals surface area contributed by atoms with Gasteiger partial charge in [0.15, 0.2) is 0 Å². The molecule has 0 radical (unpaired) electrons. The number of carbonyl (C=O) groups is 1. The van der Waals surface area contributed by atoms with Gasteiger partial charge in [0.25, 0.3) is 0 Å². The number of rotatable bonds is 6. The van der Waals surface area contributed by atoms with Crippen LogP contribution in [0.5, 0.6) is 0 Å². The summed E-state index contributed by atoms with van der Waals surface area (Å²) in [5, 5.41) is 8.97. The van der Waals surface area contributed by atoms with Gasteiger partial charge in [0, 0.05) is 11.1 Å². The molecule has 0 unspecified atom stereocenters. The molecule has 0 saturated heterocycles. The smallest absolute Gasteiger partial charge is 0.234 e. The zero-order valence-corrected chi connectivity index (χ0v) is 10.3. The SMILES string of the molecule is Cc1csc(CNC(=O)CNCC2CC2)n1. The van der Waals surface area contributed by atoms with Gasteiger partial charge in [-0.2, -0.15) is 0 Å². The van der Waals surface area contributed by atoms with E-state index < -0.39 is 0 Å². The predicted octanol–water partition coefficient (Wildman–Crippen LogP) is 1.07. The van der Waals surface area contributed by atoms with Crippen molar-refractivity contribution >= 4 is 17.2 Å². The lowest BCUT2D eigenvalue weighted by molar-refractivity contribution is -0.120. The molecule has 1 aliphatic carbocycles. The Morgan fingerprint density at radius 3 is 3.06 bits per heavy atom. The Morgan fingerprint density at radius 2 is 2.44 bits per heavy atom. The number of hydrogen-bond acceptors (Lipinski definition) is 4. The van der Waals surface area contributed by atoms with Gasteiger partial charge in [0.2, 0.25) is 5.91 Å². The van der Waals surface area contributed by atoms with Crippen LogP contribution in [-0.2, 0) is 11.3 Å². The Labute approximate surface area is 99.5 Å². The molecular formula is C11H17N3OS. The van der Waals surface area contributed by atoms with E-state index in [9.17, 15) is 4.79 Å². The zero-order valence-electron chi connectivity index (χ0n) is 9.45. The van der Waals surface area contributed by atoms with Crippen molar-refractivity contribution in [3.63, 3.8) is 0 Å². The van der Waals surface area contributed by atoms with Crippen LogP contribution in [-0.4, -0.2) is 24.0 Å². The van der Waals surface area contributed by atoms with E-state index in [1.54, 1.807) is 11.3 Å². The van der Waals surface area contributed by atoms with Crippen LogP contribution in [0.2, 0.25) is 0 Å². The first-order valence-corrected chi connectivity index (χ1v) is 6.50. The lowest BCUT2D eigenvalue weighted by Gasteiger charge is -2.04. The van der Waals surface area contributed by atoms with Crippen molar-refractivity contribution in [1.82, 2.24) is 15.6 Å². The fourth-order valence-electron chi connectivity index (χ4n) is 1.43. The molecule has 1 saturated carbocycles. The van der Waals surface area contributed by atoms with Gasteiger partial charge in [-0.15, -0.1) is 11.3 Å². The van der Waals surface area contributed by atoms with E-state index in [0.717, 1.165) is 23.2 Å². The maximum atomic E-state index is 11.4. The van der Waals surface area contributed by atoms with Crippen LogP contribution in [0.3, 0.4) is 0 Å². The normalized spacial score (nSPS) is 15.1. The molecule has 4 nitrogen and oxygen atoms in total. The first kappa shape index (κ1) is 11.5. The van der Waals surface area contributed by atoms with Crippen LogP contribution >= 0.6 is 11.3 Å². The summed E-state index contributed by atoms with van der Waals surface area (Å²) in [6.45, 7) is 3.89. The monoisotopic (exact) mass is 239 g/mol. The fourth-order valence-corrected chi connectivity index (χ4v) is 2.14. The molecule has 1 aromatic rings. The first-order valence-electron chi connectivity index (χ1n) is 5.62. The van der Waals surface area contributed by atoms with E-state index >= 15 is 0 Å². The van der Waals surface area contributed by atoms with Crippen LogP contribution in [0.15, 0.2) is 5.38 Å². The molecule has 1 fully saturated rings. The molecule has 16 heavy (non-hydrogen) atoms. The van der Waals surface area contributed by atoms with Gasteiger partial charge in [-0.25, -0.2) is 4.98 Å². The van der Waals surface area contributed by atoms with Crippen LogP contribution in [0.4, 0.5) is 0 Å². The molecule has 0 aliphatic heterocycles. The van der Waals surface area contributed by atoms with Crippen molar-refractivity contribution in [2.75, 3.05) is 13.1 Å². The summed E-state index contributed by atoms with van der Waals surface area (Å²) in [5.74, 6) is 0.864. The lowest BCUT2D eigenvalue weighted by atomic mass is 10.4. The average molecular weight is 239 g/mol. The quantitative estimate of drug-likeness (QED) is 0.780. The summed E-state index contributed by atoms with van der Waals surface area (Å²) in [6, 6.07) is 0. The first-order chi connectivity index (χ1) is 7.74. The van der Waals surface area contributed by atoms with Gasteiger partial charge in [0.1, 0.15) is 5.01 Å². The third-order valence-corrected chi connectivity index (χ3v) is 3.49. The Kier molecular flexibility index (Phi) is 3.90. The molecule has 1 amide bonds. The molecule has 2 rings (SSSR count). The number of aromatic nitrogens is 1. The van der Waals surface area contributed by atoms with E-state index in [2.05, 4.69) is 15.6 Å². The van der Waals surface area contributed by atoms with Gasteiger partial charge in [-0.3, -0.25) is 4.79 Å². The van der Waals surface area contributed by atoms with E-state index in [1.807, 2.05) is 12.3 Å². The number of aryl methyl sites for hydroxylation is 1. The highest BCUT2D eigenvalue weighted by Crippen LogP contribution is 2.27. The summed E-state index contributed by atoms with van der Waals surface area (Å²) in [4.78, 5) is 15.7. The average Bonchev–Trinajstić information content (AvgIpc) is 2.98. The third-order valence-electron chi connectivity index (χ3n) is 2.52. The molecule has 1 aliphatic rings. The van der Waals surface area contributed by atoms with E-state index in [-0.39, 0.29) is 5.91 Å². The molecule has 0 aromatic carbocycles. The van der Waals surface area contributed by atoms with E-state index in [1.165, 1.54) is 12.8 Å². The molecule has 2 N–H and O–H groups in total. The Hall–Kier alpha value is -0.940. The Bertz CT molecular complexity index is 360. The number of nitrogens with one attached hydrogen (secondary N) is 2. The van der Waals surface area contributed by atoms with Crippen molar-refractivity contribution in [2.45, 2.75) is 26.3 Å². The topological polar surface area (TPSA) is 54.0 Å². The summed E-state index contributed by atoms with van der Waals surface area (Å²) in [5.41, 5.74) is 1.01. The van der Waals surface area contributed by atoms with Crippen molar-refractivity contribution < 1.29 is 4.79 Å². The molecule has 1 heterocycles. The molecule has 0 bridgehead atoms. The molecule has 5 heteroatoms. The Balaban J connectivity index is 1.59. The molecular weight excluding hydrogens is 222 g/mol. The van der Waals surface area contributed by atoms with Gasteiger partial charge in [-0.05, 0) is 32.2 Å². The maximum Gasteiger partial charge on any atom is 0.234 e. The summed E-state index contributed by atoms with van der Waals surface area (Å²) in [6.07, 6.45) is 2.63.